The maximum atomic E-state index is 10.3. The van der Waals surface area contributed by atoms with E-state index in [0.29, 0.717) is 19.5 Å². The van der Waals surface area contributed by atoms with Gasteiger partial charge in [0.15, 0.2) is 5.96 Å². The molecule has 7 nitrogen and oxygen atoms in total. The highest BCUT2D eigenvalue weighted by Crippen LogP contribution is 2.18. The Bertz CT molecular complexity index is 802. The molecule has 2 aromatic rings. The van der Waals surface area contributed by atoms with Gasteiger partial charge >= 0.3 is 0 Å². The summed E-state index contributed by atoms with van der Waals surface area (Å²) >= 11 is 0. The molecule has 0 radical (unpaired) electrons. The second-order valence-electron chi connectivity index (χ2n) is 8.02. The zero-order valence-electron chi connectivity index (χ0n) is 18.8. The van der Waals surface area contributed by atoms with Crippen LogP contribution in [0.3, 0.4) is 0 Å². The molecule has 0 amide bonds. The minimum absolute atomic E-state index is 0.212. The predicted octanol–water partition coefficient (Wildman–Crippen LogP) is 2.87. The van der Waals surface area contributed by atoms with Crippen LogP contribution in [0.4, 0.5) is 5.82 Å². The Labute approximate surface area is 185 Å². The molecule has 2 heterocycles. The fourth-order valence-electron chi connectivity index (χ4n) is 3.74. The lowest BCUT2D eigenvalue weighted by Gasteiger charge is -2.36. The molecule has 7 heteroatoms. The number of ether oxygens (including phenoxy) is 1. The molecule has 0 saturated carbocycles. The van der Waals surface area contributed by atoms with E-state index in [4.69, 9.17) is 4.74 Å². The quantitative estimate of drug-likeness (QED) is 0.446. The average molecular weight is 426 g/mol. The van der Waals surface area contributed by atoms with Crippen LogP contribution in [-0.2, 0) is 11.3 Å². The third-order valence-corrected chi connectivity index (χ3v) is 5.21. The van der Waals surface area contributed by atoms with Crippen LogP contribution in [0, 0.1) is 0 Å². The third kappa shape index (κ3) is 7.22. The molecule has 31 heavy (non-hydrogen) atoms. The van der Waals surface area contributed by atoms with Crippen molar-refractivity contribution in [1.82, 2.24) is 15.6 Å². The van der Waals surface area contributed by atoms with Gasteiger partial charge in [0.2, 0.25) is 0 Å². The van der Waals surface area contributed by atoms with Crippen LogP contribution in [0.5, 0.6) is 0 Å². The topological polar surface area (TPSA) is 82.0 Å². The van der Waals surface area contributed by atoms with Crippen LogP contribution in [0.1, 0.15) is 44.4 Å². The molecule has 1 aromatic carbocycles. The van der Waals surface area contributed by atoms with E-state index >= 15 is 0 Å². The van der Waals surface area contributed by atoms with Crippen molar-refractivity contribution in [2.45, 2.75) is 52.0 Å². The van der Waals surface area contributed by atoms with Gasteiger partial charge in [0.25, 0.3) is 0 Å². The summed E-state index contributed by atoms with van der Waals surface area (Å²) in [7, 11) is 0. The maximum Gasteiger partial charge on any atom is 0.191 e. The first-order chi connectivity index (χ1) is 15.0. The van der Waals surface area contributed by atoms with E-state index in [9.17, 15) is 5.11 Å². The van der Waals surface area contributed by atoms with Gasteiger partial charge in [0, 0.05) is 32.4 Å². The van der Waals surface area contributed by atoms with Crippen molar-refractivity contribution in [3.8, 4) is 0 Å². The summed E-state index contributed by atoms with van der Waals surface area (Å²) in [6, 6.07) is 13.9. The number of aromatic nitrogens is 1. The summed E-state index contributed by atoms with van der Waals surface area (Å²) in [6.45, 7) is 9.90. The molecule has 3 rings (SSSR count). The second-order valence-corrected chi connectivity index (χ2v) is 8.02. The van der Waals surface area contributed by atoms with Crippen LogP contribution in [0.15, 0.2) is 53.7 Å². The number of aliphatic hydroxyl groups excluding tert-OH is 1. The van der Waals surface area contributed by atoms with E-state index in [1.54, 1.807) is 0 Å². The lowest BCUT2D eigenvalue weighted by Crippen LogP contribution is -2.45. The maximum absolute atomic E-state index is 10.3. The number of rotatable bonds is 8. The molecule has 1 aromatic heterocycles. The molecule has 168 valence electrons. The number of anilines is 1. The number of morpholine rings is 1. The van der Waals surface area contributed by atoms with E-state index < -0.39 is 6.10 Å². The van der Waals surface area contributed by atoms with Crippen LogP contribution in [0.2, 0.25) is 0 Å². The lowest BCUT2D eigenvalue weighted by atomic mass is 10.1. The fraction of sp³-hybridized carbons (Fsp3) is 0.500. The summed E-state index contributed by atoms with van der Waals surface area (Å²) < 4.78 is 5.80. The van der Waals surface area contributed by atoms with Gasteiger partial charge in [-0.05, 0) is 44.4 Å². The van der Waals surface area contributed by atoms with Gasteiger partial charge in [-0.25, -0.2) is 9.98 Å². The zero-order valence-corrected chi connectivity index (χ0v) is 18.8. The predicted molar refractivity (Wildman–Crippen MR) is 125 cm³/mol. The van der Waals surface area contributed by atoms with Crippen LogP contribution in [-0.4, -0.2) is 54.4 Å². The summed E-state index contributed by atoms with van der Waals surface area (Å²) in [5.74, 6) is 1.72. The van der Waals surface area contributed by atoms with Crippen molar-refractivity contribution >= 4 is 11.8 Å². The normalized spacial score (nSPS) is 20.4. The number of nitrogens with one attached hydrogen (secondary N) is 2. The van der Waals surface area contributed by atoms with E-state index in [1.807, 2.05) is 43.5 Å². The Kier molecular flexibility index (Phi) is 8.67. The zero-order chi connectivity index (χ0) is 22.1. The largest absolute Gasteiger partial charge is 0.388 e. The highest BCUT2D eigenvalue weighted by molar-refractivity contribution is 5.79. The number of guanidine groups is 1. The average Bonchev–Trinajstić information content (AvgIpc) is 2.77. The number of hydrogen-bond acceptors (Lipinski definition) is 5. The van der Waals surface area contributed by atoms with Crippen molar-refractivity contribution in [2.24, 2.45) is 4.99 Å². The van der Waals surface area contributed by atoms with Crippen molar-refractivity contribution in [1.29, 1.82) is 0 Å². The van der Waals surface area contributed by atoms with E-state index in [0.717, 1.165) is 42.5 Å². The molecule has 0 aliphatic carbocycles. The molecule has 1 aliphatic rings. The molecular weight excluding hydrogens is 390 g/mol. The smallest absolute Gasteiger partial charge is 0.191 e. The first-order valence-electron chi connectivity index (χ1n) is 11.2. The highest BCUT2D eigenvalue weighted by atomic mass is 16.5. The fourth-order valence-corrected chi connectivity index (χ4v) is 3.74. The van der Waals surface area contributed by atoms with Gasteiger partial charge in [-0.1, -0.05) is 36.4 Å². The molecule has 3 N–H and O–H groups in total. The SMILES string of the molecule is CCNC(=NCc1ccc(N2CC(C)OC(C)C2)nc1)NCCC(O)c1ccccc1. The molecule has 0 spiro atoms. The first kappa shape index (κ1) is 23.0. The number of pyridine rings is 1. The Balaban J connectivity index is 1.51. The number of aliphatic imine (C=N–C) groups is 1. The minimum atomic E-state index is -0.487. The summed E-state index contributed by atoms with van der Waals surface area (Å²) in [5, 5.41) is 16.9. The van der Waals surface area contributed by atoms with Crippen LogP contribution in [0.25, 0.3) is 0 Å². The van der Waals surface area contributed by atoms with Crippen LogP contribution < -0.4 is 15.5 Å². The molecule has 3 unspecified atom stereocenters. The summed E-state index contributed by atoms with van der Waals surface area (Å²) in [5.41, 5.74) is 1.99. The minimum Gasteiger partial charge on any atom is -0.388 e. The van der Waals surface area contributed by atoms with E-state index in [-0.39, 0.29) is 12.2 Å². The molecule has 0 bridgehead atoms. The van der Waals surface area contributed by atoms with Gasteiger partial charge in [0.1, 0.15) is 5.82 Å². The van der Waals surface area contributed by atoms with Gasteiger partial charge in [-0.2, -0.15) is 0 Å². The molecule has 1 saturated heterocycles. The van der Waals surface area contributed by atoms with Crippen LogP contribution >= 0.6 is 0 Å². The second kappa shape index (κ2) is 11.7. The van der Waals surface area contributed by atoms with Crippen molar-refractivity contribution in [3.63, 3.8) is 0 Å². The highest BCUT2D eigenvalue weighted by Gasteiger charge is 2.22. The number of aliphatic hydroxyl groups is 1. The Hall–Kier alpha value is -2.64. The standard InChI is InChI=1S/C24H35N5O2/c1-4-25-24(26-13-12-22(30)21-8-6-5-7-9-21)28-15-20-10-11-23(27-14-20)29-16-18(2)31-19(3)17-29/h5-11,14,18-19,22,30H,4,12-13,15-17H2,1-3H3,(H2,25,26,28). The summed E-state index contributed by atoms with van der Waals surface area (Å²) in [6.07, 6.45) is 2.44. The van der Waals surface area contributed by atoms with Gasteiger partial charge in [-0.15, -0.1) is 0 Å². The number of benzene rings is 1. The molecule has 3 atom stereocenters. The summed E-state index contributed by atoms with van der Waals surface area (Å²) in [4.78, 5) is 11.6. The van der Waals surface area contributed by atoms with Gasteiger partial charge < -0.3 is 25.4 Å². The first-order valence-corrected chi connectivity index (χ1v) is 11.2. The van der Waals surface area contributed by atoms with E-state index in [1.165, 1.54) is 0 Å². The third-order valence-electron chi connectivity index (χ3n) is 5.21. The van der Waals surface area contributed by atoms with Crippen molar-refractivity contribution in [2.75, 3.05) is 31.1 Å². The lowest BCUT2D eigenvalue weighted by molar-refractivity contribution is -0.00546. The van der Waals surface area contributed by atoms with E-state index in [2.05, 4.69) is 51.5 Å². The Morgan fingerprint density at radius 1 is 1.16 bits per heavy atom. The molecule has 1 fully saturated rings. The molecular formula is C24H35N5O2. The van der Waals surface area contributed by atoms with Gasteiger partial charge in [-0.3, -0.25) is 0 Å². The van der Waals surface area contributed by atoms with Crippen molar-refractivity contribution in [3.05, 3.63) is 59.8 Å². The monoisotopic (exact) mass is 425 g/mol. The van der Waals surface area contributed by atoms with Gasteiger partial charge in [0.05, 0.1) is 24.9 Å². The van der Waals surface area contributed by atoms with Crippen molar-refractivity contribution < 1.29 is 9.84 Å². The molecule has 1 aliphatic heterocycles. The Morgan fingerprint density at radius 2 is 1.90 bits per heavy atom. The number of hydrogen-bond donors (Lipinski definition) is 3. The number of nitrogens with zero attached hydrogens (tertiary/aromatic N) is 3. The Morgan fingerprint density at radius 3 is 2.55 bits per heavy atom.